The molecule has 0 aliphatic carbocycles. The van der Waals surface area contributed by atoms with Crippen LogP contribution in [0.2, 0.25) is 0 Å². The Hall–Kier alpha value is -2.73. The molecular weight excluding hydrogens is 384 g/mol. The molecule has 0 radical (unpaired) electrons. The van der Waals surface area contributed by atoms with Crippen molar-refractivity contribution in [3.8, 4) is 5.75 Å². The van der Waals surface area contributed by atoms with E-state index in [1.807, 2.05) is 37.7 Å². The Kier molecular flexibility index (Phi) is 7.36. The molecule has 0 aliphatic heterocycles. The number of hydrogen-bond acceptors (Lipinski definition) is 5. The Morgan fingerprint density at radius 1 is 1.14 bits per heavy atom. The van der Waals surface area contributed by atoms with E-state index in [1.54, 1.807) is 12.1 Å². The van der Waals surface area contributed by atoms with E-state index in [0.717, 1.165) is 28.5 Å². The molecule has 1 aromatic heterocycles. The van der Waals surface area contributed by atoms with Crippen LogP contribution in [0.15, 0.2) is 53.1 Å². The number of nitrogens with zero attached hydrogens (tertiary/aromatic N) is 1. The Balaban J connectivity index is 1.43. The van der Waals surface area contributed by atoms with E-state index in [-0.39, 0.29) is 5.91 Å². The quantitative estimate of drug-likeness (QED) is 0.511. The first-order chi connectivity index (χ1) is 14.0. The molecule has 3 aromatic rings. The Bertz CT molecular complexity index is 932. The maximum Gasteiger partial charge on any atom is 0.251 e. The van der Waals surface area contributed by atoms with Gasteiger partial charge in [0.1, 0.15) is 18.1 Å². The highest BCUT2D eigenvalue weighted by Gasteiger charge is 2.11. The number of carbonyl (C=O) groups excluding carboxylic acids is 1. The van der Waals surface area contributed by atoms with E-state index < -0.39 is 0 Å². The number of aryl methyl sites for hydroxylation is 3. The summed E-state index contributed by atoms with van der Waals surface area (Å²) in [6, 6.07) is 15.8. The Morgan fingerprint density at radius 3 is 2.66 bits per heavy atom. The van der Waals surface area contributed by atoms with E-state index in [1.165, 1.54) is 11.1 Å². The minimum atomic E-state index is -0.0938. The van der Waals surface area contributed by atoms with Crippen LogP contribution in [0.5, 0.6) is 5.75 Å². The lowest BCUT2D eigenvalue weighted by molar-refractivity contribution is 0.0955. The van der Waals surface area contributed by atoms with Crippen molar-refractivity contribution in [2.45, 2.75) is 33.1 Å². The number of amides is 1. The lowest BCUT2D eigenvalue weighted by atomic mass is 10.2. The summed E-state index contributed by atoms with van der Waals surface area (Å²) in [5, 5.41) is 6.89. The molecule has 1 N–H and O–H groups in total. The van der Waals surface area contributed by atoms with Crippen molar-refractivity contribution >= 4 is 17.7 Å². The zero-order valence-corrected chi connectivity index (χ0v) is 17.8. The van der Waals surface area contributed by atoms with Gasteiger partial charge in [-0.25, -0.2) is 0 Å². The zero-order chi connectivity index (χ0) is 20.6. The number of aromatic nitrogens is 1. The molecule has 1 amide bonds. The molecule has 0 saturated heterocycles. The molecule has 0 spiro atoms. The van der Waals surface area contributed by atoms with Gasteiger partial charge in [-0.1, -0.05) is 41.1 Å². The van der Waals surface area contributed by atoms with E-state index >= 15 is 0 Å². The van der Waals surface area contributed by atoms with Crippen LogP contribution in [0.3, 0.4) is 0 Å². The van der Waals surface area contributed by atoms with E-state index in [4.69, 9.17) is 9.26 Å². The second kappa shape index (κ2) is 10.2. The fraction of sp³-hybridized carbons (Fsp3) is 0.304. The van der Waals surface area contributed by atoms with Gasteiger partial charge in [0, 0.05) is 23.6 Å². The van der Waals surface area contributed by atoms with Gasteiger partial charge >= 0.3 is 0 Å². The summed E-state index contributed by atoms with van der Waals surface area (Å²) < 4.78 is 11.0. The molecule has 6 heteroatoms. The fourth-order valence-corrected chi connectivity index (χ4v) is 3.62. The van der Waals surface area contributed by atoms with Crippen molar-refractivity contribution in [2.75, 3.05) is 12.3 Å². The van der Waals surface area contributed by atoms with Gasteiger partial charge in [-0.2, -0.15) is 11.8 Å². The van der Waals surface area contributed by atoms with Crippen LogP contribution < -0.4 is 10.1 Å². The van der Waals surface area contributed by atoms with Crippen LogP contribution in [0.4, 0.5) is 0 Å². The summed E-state index contributed by atoms with van der Waals surface area (Å²) >= 11 is 1.81. The molecule has 0 fully saturated rings. The molecule has 0 saturated carbocycles. The molecule has 152 valence electrons. The van der Waals surface area contributed by atoms with Gasteiger partial charge < -0.3 is 14.6 Å². The topological polar surface area (TPSA) is 64.4 Å². The predicted molar refractivity (Wildman–Crippen MR) is 116 cm³/mol. The summed E-state index contributed by atoms with van der Waals surface area (Å²) in [7, 11) is 0. The number of thioether (sulfide) groups is 1. The van der Waals surface area contributed by atoms with Gasteiger partial charge in [-0.15, -0.1) is 0 Å². The van der Waals surface area contributed by atoms with Crippen molar-refractivity contribution in [2.24, 2.45) is 0 Å². The fourth-order valence-electron chi connectivity index (χ4n) is 2.80. The van der Waals surface area contributed by atoms with Gasteiger partial charge in [-0.05, 0) is 44.5 Å². The largest absolute Gasteiger partial charge is 0.489 e. The van der Waals surface area contributed by atoms with Gasteiger partial charge in [0.05, 0.1) is 11.3 Å². The molecule has 0 atom stereocenters. The van der Waals surface area contributed by atoms with Crippen molar-refractivity contribution in [1.82, 2.24) is 10.5 Å². The molecule has 5 nitrogen and oxygen atoms in total. The third-order valence-electron chi connectivity index (χ3n) is 4.58. The number of carbonyl (C=O) groups is 1. The first kappa shape index (κ1) is 21.0. The summed E-state index contributed by atoms with van der Waals surface area (Å²) in [6.45, 7) is 6.82. The van der Waals surface area contributed by atoms with Gasteiger partial charge in [0.15, 0.2) is 0 Å². The minimum absolute atomic E-state index is 0.0938. The second-order valence-electron chi connectivity index (χ2n) is 6.91. The van der Waals surface area contributed by atoms with Gasteiger partial charge in [0.25, 0.3) is 5.91 Å². The van der Waals surface area contributed by atoms with E-state index in [2.05, 4.69) is 41.7 Å². The van der Waals surface area contributed by atoms with Crippen LogP contribution in [-0.2, 0) is 12.4 Å². The number of benzene rings is 2. The number of ether oxygens (including phenoxy) is 1. The van der Waals surface area contributed by atoms with Crippen molar-refractivity contribution in [3.05, 3.63) is 82.2 Å². The number of hydrogen-bond donors (Lipinski definition) is 1. The SMILES string of the molecule is Cc1ccc(CSCCNC(=O)c2cccc(OCc3c(C)noc3C)c2)cc1. The summed E-state index contributed by atoms with van der Waals surface area (Å²) in [6.07, 6.45) is 0. The third-order valence-corrected chi connectivity index (χ3v) is 5.61. The molecule has 29 heavy (non-hydrogen) atoms. The third kappa shape index (κ3) is 6.12. The van der Waals surface area contributed by atoms with Crippen molar-refractivity contribution < 1.29 is 14.1 Å². The lowest BCUT2D eigenvalue weighted by Gasteiger charge is -2.09. The zero-order valence-electron chi connectivity index (χ0n) is 17.0. The summed E-state index contributed by atoms with van der Waals surface area (Å²) in [5.74, 6) is 3.11. The highest BCUT2D eigenvalue weighted by Crippen LogP contribution is 2.18. The predicted octanol–water partition coefficient (Wildman–Crippen LogP) is 4.84. The molecule has 3 rings (SSSR count). The van der Waals surface area contributed by atoms with Crippen molar-refractivity contribution in [1.29, 1.82) is 0 Å². The maximum absolute atomic E-state index is 12.4. The molecular formula is C23H26N2O3S. The smallest absolute Gasteiger partial charge is 0.251 e. The van der Waals surface area contributed by atoms with E-state index in [0.29, 0.717) is 24.5 Å². The number of rotatable bonds is 9. The Morgan fingerprint density at radius 2 is 1.93 bits per heavy atom. The molecule has 0 aliphatic rings. The van der Waals surface area contributed by atoms with Crippen LogP contribution in [0, 0.1) is 20.8 Å². The normalized spacial score (nSPS) is 10.7. The first-order valence-corrected chi connectivity index (χ1v) is 10.7. The van der Waals surface area contributed by atoms with Crippen molar-refractivity contribution in [3.63, 3.8) is 0 Å². The van der Waals surface area contributed by atoms with Gasteiger partial charge in [-0.3, -0.25) is 4.79 Å². The summed E-state index contributed by atoms with van der Waals surface area (Å²) in [4.78, 5) is 12.4. The molecule has 2 aromatic carbocycles. The lowest BCUT2D eigenvalue weighted by Crippen LogP contribution is -2.25. The maximum atomic E-state index is 12.4. The van der Waals surface area contributed by atoms with Gasteiger partial charge in [0.2, 0.25) is 0 Å². The molecule has 0 bridgehead atoms. The minimum Gasteiger partial charge on any atom is -0.489 e. The average Bonchev–Trinajstić information content (AvgIpc) is 3.05. The Labute approximate surface area is 175 Å². The average molecular weight is 411 g/mol. The van der Waals surface area contributed by atoms with Crippen LogP contribution in [0.1, 0.15) is 38.5 Å². The standard InChI is InChI=1S/C23H26N2O3S/c1-16-7-9-19(10-8-16)15-29-12-11-24-23(26)20-5-4-6-21(13-20)27-14-22-17(2)25-28-18(22)3/h4-10,13H,11-12,14-15H2,1-3H3,(H,24,26). The van der Waals surface area contributed by atoms with Crippen LogP contribution in [0.25, 0.3) is 0 Å². The van der Waals surface area contributed by atoms with E-state index in [9.17, 15) is 4.79 Å². The van der Waals surface area contributed by atoms with Crippen LogP contribution in [-0.4, -0.2) is 23.4 Å². The highest BCUT2D eigenvalue weighted by molar-refractivity contribution is 7.98. The molecule has 1 heterocycles. The number of nitrogens with one attached hydrogen (secondary N) is 1. The summed E-state index contributed by atoms with van der Waals surface area (Å²) in [5.41, 5.74) is 4.91. The highest BCUT2D eigenvalue weighted by atomic mass is 32.2. The monoisotopic (exact) mass is 410 g/mol. The molecule has 0 unspecified atom stereocenters. The van der Waals surface area contributed by atoms with Crippen LogP contribution >= 0.6 is 11.8 Å². The second-order valence-corrected chi connectivity index (χ2v) is 8.02. The first-order valence-electron chi connectivity index (χ1n) is 9.59.